The maximum absolute atomic E-state index is 11.9. The number of aryl methyl sites for hydroxylation is 1. The molecule has 0 saturated carbocycles. The molecule has 1 heterocycles. The summed E-state index contributed by atoms with van der Waals surface area (Å²) in [6.07, 6.45) is 2.58. The third-order valence-corrected chi connectivity index (χ3v) is 3.04. The average Bonchev–Trinajstić information content (AvgIpc) is 2.54. The Kier molecular flexibility index (Phi) is 5.15. The summed E-state index contributed by atoms with van der Waals surface area (Å²) in [6.45, 7) is 0. The van der Waals surface area contributed by atoms with Crippen LogP contribution in [0.15, 0.2) is 42.6 Å². The van der Waals surface area contributed by atoms with Gasteiger partial charge in [0.2, 0.25) is 11.8 Å². The number of carbonyl (C=O) groups excluding carboxylic acids is 1. The molecule has 2 aromatic rings. The van der Waals surface area contributed by atoms with Gasteiger partial charge in [0.15, 0.2) is 0 Å². The van der Waals surface area contributed by atoms with Gasteiger partial charge in [0.1, 0.15) is 5.75 Å². The number of amides is 1. The van der Waals surface area contributed by atoms with Gasteiger partial charge in [0.05, 0.1) is 26.1 Å². The van der Waals surface area contributed by atoms with Crippen LogP contribution in [0.5, 0.6) is 11.6 Å². The second-order valence-electron chi connectivity index (χ2n) is 4.45. The zero-order valence-corrected chi connectivity index (χ0v) is 12.1. The van der Waals surface area contributed by atoms with E-state index in [-0.39, 0.29) is 5.91 Å². The Bertz CT molecular complexity index is 597. The van der Waals surface area contributed by atoms with Crippen LogP contribution in [0.1, 0.15) is 12.0 Å². The highest BCUT2D eigenvalue weighted by Crippen LogP contribution is 2.19. The first-order chi connectivity index (χ1) is 10.2. The van der Waals surface area contributed by atoms with Gasteiger partial charge >= 0.3 is 0 Å². The lowest BCUT2D eigenvalue weighted by Gasteiger charge is -2.08. The molecule has 0 spiro atoms. The van der Waals surface area contributed by atoms with Crippen LogP contribution in [0.25, 0.3) is 0 Å². The minimum Gasteiger partial charge on any atom is -0.496 e. The fourth-order valence-electron chi connectivity index (χ4n) is 1.96. The summed E-state index contributed by atoms with van der Waals surface area (Å²) in [4.78, 5) is 16.0. The van der Waals surface area contributed by atoms with Crippen LogP contribution in [0.2, 0.25) is 0 Å². The van der Waals surface area contributed by atoms with Crippen LogP contribution < -0.4 is 14.8 Å². The second-order valence-corrected chi connectivity index (χ2v) is 4.45. The number of ether oxygens (including phenoxy) is 2. The molecule has 0 radical (unpaired) electrons. The van der Waals surface area contributed by atoms with Crippen molar-refractivity contribution in [2.45, 2.75) is 12.8 Å². The minimum atomic E-state index is -0.0622. The molecule has 1 N–H and O–H groups in total. The van der Waals surface area contributed by atoms with Crippen LogP contribution in [0.4, 0.5) is 5.69 Å². The highest BCUT2D eigenvalue weighted by atomic mass is 16.5. The monoisotopic (exact) mass is 286 g/mol. The van der Waals surface area contributed by atoms with E-state index in [2.05, 4.69) is 10.3 Å². The number of hydrogen-bond donors (Lipinski definition) is 1. The normalized spacial score (nSPS) is 10.0. The Morgan fingerprint density at radius 1 is 1.14 bits per heavy atom. The van der Waals surface area contributed by atoms with Gasteiger partial charge in [-0.1, -0.05) is 18.2 Å². The van der Waals surface area contributed by atoms with Crippen molar-refractivity contribution in [3.8, 4) is 11.6 Å². The van der Waals surface area contributed by atoms with Crippen molar-refractivity contribution in [1.29, 1.82) is 0 Å². The number of hydrogen-bond acceptors (Lipinski definition) is 4. The van der Waals surface area contributed by atoms with Crippen molar-refractivity contribution in [1.82, 2.24) is 4.98 Å². The number of methoxy groups -OCH3 is 2. The molecular weight excluding hydrogens is 268 g/mol. The Morgan fingerprint density at radius 2 is 1.95 bits per heavy atom. The number of benzene rings is 1. The number of aromatic nitrogens is 1. The molecule has 2 rings (SSSR count). The summed E-state index contributed by atoms with van der Waals surface area (Å²) in [5.74, 6) is 1.26. The van der Waals surface area contributed by atoms with E-state index in [0.29, 0.717) is 24.4 Å². The third-order valence-electron chi connectivity index (χ3n) is 3.04. The standard InChI is InChI=1S/C16H18N2O3/c1-20-14-6-4-3-5-12(14)7-9-15(19)18-13-8-10-16(21-2)17-11-13/h3-6,8,10-11H,7,9H2,1-2H3,(H,18,19). The van der Waals surface area contributed by atoms with Crippen molar-refractivity contribution < 1.29 is 14.3 Å². The molecule has 110 valence electrons. The van der Waals surface area contributed by atoms with E-state index in [0.717, 1.165) is 11.3 Å². The van der Waals surface area contributed by atoms with Crippen LogP contribution in [-0.4, -0.2) is 25.1 Å². The molecule has 0 atom stereocenters. The summed E-state index contributed by atoms with van der Waals surface area (Å²) in [5, 5.41) is 2.80. The largest absolute Gasteiger partial charge is 0.496 e. The van der Waals surface area contributed by atoms with Crippen LogP contribution in [-0.2, 0) is 11.2 Å². The molecule has 1 amide bonds. The number of carbonyl (C=O) groups is 1. The van der Waals surface area contributed by atoms with E-state index in [4.69, 9.17) is 9.47 Å². The molecule has 0 bridgehead atoms. The molecule has 0 fully saturated rings. The quantitative estimate of drug-likeness (QED) is 0.887. The maximum Gasteiger partial charge on any atom is 0.224 e. The second kappa shape index (κ2) is 7.28. The highest BCUT2D eigenvalue weighted by molar-refractivity contribution is 5.90. The van der Waals surface area contributed by atoms with Gasteiger partial charge in [-0.15, -0.1) is 0 Å². The smallest absolute Gasteiger partial charge is 0.224 e. The molecular formula is C16H18N2O3. The van der Waals surface area contributed by atoms with Gasteiger partial charge in [-0.3, -0.25) is 4.79 Å². The van der Waals surface area contributed by atoms with E-state index in [1.807, 2.05) is 24.3 Å². The predicted octanol–water partition coefficient (Wildman–Crippen LogP) is 2.67. The molecule has 1 aromatic carbocycles. The first-order valence-corrected chi connectivity index (χ1v) is 6.64. The molecule has 5 nitrogen and oxygen atoms in total. The van der Waals surface area contributed by atoms with Gasteiger partial charge in [-0.05, 0) is 24.1 Å². The number of nitrogens with zero attached hydrogens (tertiary/aromatic N) is 1. The van der Waals surface area contributed by atoms with E-state index < -0.39 is 0 Å². The van der Waals surface area contributed by atoms with Gasteiger partial charge < -0.3 is 14.8 Å². The number of anilines is 1. The van der Waals surface area contributed by atoms with E-state index >= 15 is 0 Å². The Morgan fingerprint density at radius 3 is 2.62 bits per heavy atom. The molecule has 1 aromatic heterocycles. The first kappa shape index (κ1) is 14.8. The molecule has 0 unspecified atom stereocenters. The topological polar surface area (TPSA) is 60.5 Å². The van der Waals surface area contributed by atoms with Crippen molar-refractivity contribution in [3.05, 3.63) is 48.2 Å². The Labute approximate surface area is 123 Å². The SMILES string of the molecule is COc1ccc(NC(=O)CCc2ccccc2OC)cn1. The maximum atomic E-state index is 11.9. The van der Waals surface area contributed by atoms with E-state index in [1.54, 1.807) is 32.5 Å². The van der Waals surface area contributed by atoms with Crippen LogP contribution in [0, 0.1) is 0 Å². The number of pyridine rings is 1. The van der Waals surface area contributed by atoms with Crippen molar-refractivity contribution >= 4 is 11.6 Å². The molecule has 0 aliphatic heterocycles. The molecule has 21 heavy (non-hydrogen) atoms. The summed E-state index contributed by atoms with van der Waals surface area (Å²) < 4.78 is 10.2. The molecule has 5 heteroatoms. The van der Waals surface area contributed by atoms with Crippen molar-refractivity contribution in [2.75, 3.05) is 19.5 Å². The van der Waals surface area contributed by atoms with Crippen molar-refractivity contribution in [3.63, 3.8) is 0 Å². The van der Waals surface area contributed by atoms with Crippen LogP contribution >= 0.6 is 0 Å². The average molecular weight is 286 g/mol. The fraction of sp³-hybridized carbons (Fsp3) is 0.250. The lowest BCUT2D eigenvalue weighted by molar-refractivity contribution is -0.116. The molecule has 0 saturated heterocycles. The highest BCUT2D eigenvalue weighted by Gasteiger charge is 2.07. The number of para-hydroxylation sites is 1. The lowest BCUT2D eigenvalue weighted by Crippen LogP contribution is -2.12. The summed E-state index contributed by atoms with van der Waals surface area (Å²) in [6, 6.07) is 11.2. The predicted molar refractivity (Wildman–Crippen MR) is 80.7 cm³/mol. The number of rotatable bonds is 6. The number of nitrogens with one attached hydrogen (secondary N) is 1. The van der Waals surface area contributed by atoms with Gasteiger partial charge in [-0.25, -0.2) is 4.98 Å². The minimum absolute atomic E-state index is 0.0622. The van der Waals surface area contributed by atoms with E-state index in [1.165, 1.54) is 0 Å². The third kappa shape index (κ3) is 4.21. The Balaban J connectivity index is 1.89. The van der Waals surface area contributed by atoms with Gasteiger partial charge in [0, 0.05) is 12.5 Å². The zero-order chi connectivity index (χ0) is 15.1. The summed E-state index contributed by atoms with van der Waals surface area (Å²) in [7, 11) is 3.18. The molecule has 0 aliphatic carbocycles. The van der Waals surface area contributed by atoms with E-state index in [9.17, 15) is 4.79 Å². The lowest BCUT2D eigenvalue weighted by atomic mass is 10.1. The fourth-order valence-corrected chi connectivity index (χ4v) is 1.96. The Hall–Kier alpha value is -2.56. The van der Waals surface area contributed by atoms with Gasteiger partial charge in [0.25, 0.3) is 0 Å². The summed E-state index contributed by atoms with van der Waals surface area (Å²) >= 11 is 0. The zero-order valence-electron chi connectivity index (χ0n) is 12.1. The van der Waals surface area contributed by atoms with Gasteiger partial charge in [-0.2, -0.15) is 0 Å². The van der Waals surface area contributed by atoms with Crippen LogP contribution in [0.3, 0.4) is 0 Å². The summed E-state index contributed by atoms with van der Waals surface area (Å²) in [5.41, 5.74) is 1.67. The first-order valence-electron chi connectivity index (χ1n) is 6.64. The van der Waals surface area contributed by atoms with Crippen molar-refractivity contribution in [2.24, 2.45) is 0 Å². The molecule has 0 aliphatic rings.